The van der Waals surface area contributed by atoms with Crippen LogP contribution in [0.15, 0.2) is 180 Å². The number of anilines is 3. The van der Waals surface area contributed by atoms with Gasteiger partial charge in [-0.2, -0.15) is 0 Å². The van der Waals surface area contributed by atoms with Gasteiger partial charge in [-0.15, -0.1) is 11.3 Å². The Hall–Kier alpha value is -6.16. The van der Waals surface area contributed by atoms with Gasteiger partial charge >= 0.3 is 0 Å². The third-order valence-corrected chi connectivity index (χ3v) is 9.65. The highest BCUT2D eigenvalue weighted by atomic mass is 32.1. The number of nitrogens with zero attached hydrogens (tertiary/aromatic N) is 1. The van der Waals surface area contributed by atoms with Crippen molar-refractivity contribution in [2.75, 3.05) is 4.90 Å². The fourth-order valence-corrected chi connectivity index (χ4v) is 7.33. The van der Waals surface area contributed by atoms with E-state index in [-0.39, 0.29) is 53.9 Å². The van der Waals surface area contributed by atoms with E-state index in [1.165, 1.54) is 29.2 Å². The molecule has 0 bridgehead atoms. The molecule has 230 valence electrons. The van der Waals surface area contributed by atoms with Crippen molar-refractivity contribution in [3.63, 3.8) is 0 Å². The van der Waals surface area contributed by atoms with Crippen LogP contribution in [0.25, 0.3) is 75.1 Å². The third kappa shape index (κ3) is 4.62. The van der Waals surface area contributed by atoms with Crippen molar-refractivity contribution < 1.29 is 26.3 Å². The van der Waals surface area contributed by atoms with Gasteiger partial charge in [0.25, 0.3) is 0 Å². The van der Waals surface area contributed by atoms with Gasteiger partial charge in [0.05, 0.1) is 32.3 Å². The standard InChI is InChI=1S/C46H29NOS/c1-2-9-30(10-3-1)31-19-24-35(25-20-31)47(41-14-8-13-38-37-11-5-7-16-44(37)49-46(38)41)36-26-21-32(22-27-36)34-18-17-33-23-28-43-45(40(33)29-34)39-12-4-6-15-42(39)48-43/h1-29H/i1D,2D,3D,5D,7D,8D,9D,10D,11D,13D,14D,16D,21D,22D,26D,27D. The van der Waals surface area contributed by atoms with Gasteiger partial charge in [-0.3, -0.25) is 0 Å². The number of fused-ring (bicyclic) bond motifs is 8. The van der Waals surface area contributed by atoms with Crippen molar-refractivity contribution in [1.82, 2.24) is 0 Å². The summed E-state index contributed by atoms with van der Waals surface area (Å²) in [5, 5.41) is 3.14. The Balaban J connectivity index is 1.27. The number of hydrogen-bond donors (Lipinski definition) is 0. The van der Waals surface area contributed by atoms with E-state index in [1.54, 1.807) is 12.1 Å². The second-order valence-corrected chi connectivity index (χ2v) is 12.3. The zero-order valence-corrected chi connectivity index (χ0v) is 26.1. The predicted octanol–water partition coefficient (Wildman–Crippen LogP) is 13.9. The Labute approximate surface area is 310 Å². The highest BCUT2D eigenvalue weighted by Gasteiger charge is 2.19. The molecule has 10 aromatic rings. The van der Waals surface area contributed by atoms with Gasteiger partial charge in [-0.25, -0.2) is 0 Å². The molecule has 49 heavy (non-hydrogen) atoms. The highest BCUT2D eigenvalue weighted by molar-refractivity contribution is 7.26. The molecule has 0 radical (unpaired) electrons. The fraction of sp³-hybridized carbons (Fsp3) is 0. The van der Waals surface area contributed by atoms with Crippen molar-refractivity contribution in [2.45, 2.75) is 0 Å². The molecule has 0 aliphatic heterocycles. The smallest absolute Gasteiger partial charge is 0.136 e. The highest BCUT2D eigenvalue weighted by Crippen LogP contribution is 2.45. The molecule has 0 N–H and O–H groups in total. The van der Waals surface area contributed by atoms with Gasteiger partial charge in [-0.1, -0.05) is 121 Å². The maximum atomic E-state index is 9.63. The molecule has 8 aromatic carbocycles. The summed E-state index contributed by atoms with van der Waals surface area (Å²) in [6, 6.07) is 14.0. The van der Waals surface area contributed by atoms with Crippen molar-refractivity contribution in [3.8, 4) is 22.3 Å². The van der Waals surface area contributed by atoms with Gasteiger partial charge in [0, 0.05) is 37.6 Å². The van der Waals surface area contributed by atoms with E-state index in [9.17, 15) is 6.85 Å². The molecule has 0 aliphatic carbocycles. The summed E-state index contributed by atoms with van der Waals surface area (Å²) in [6.45, 7) is 0. The first-order valence-electron chi connectivity index (χ1n) is 23.3. The summed E-state index contributed by atoms with van der Waals surface area (Å²) < 4.78 is 148. The van der Waals surface area contributed by atoms with E-state index in [4.69, 9.17) is 19.5 Å². The Morgan fingerprint density at radius 3 is 2.10 bits per heavy atom. The Morgan fingerprint density at radius 1 is 0.490 bits per heavy atom. The quantitative estimate of drug-likeness (QED) is 0.183. The third-order valence-electron chi connectivity index (χ3n) is 8.54. The number of hydrogen-bond acceptors (Lipinski definition) is 3. The number of thiophene rings is 1. The lowest BCUT2D eigenvalue weighted by Crippen LogP contribution is -2.10. The number of rotatable bonds is 5. The van der Waals surface area contributed by atoms with Crippen LogP contribution in [0.3, 0.4) is 0 Å². The van der Waals surface area contributed by atoms with Crippen LogP contribution in [0, 0.1) is 0 Å². The first-order valence-corrected chi connectivity index (χ1v) is 16.1. The van der Waals surface area contributed by atoms with Gasteiger partial charge < -0.3 is 9.32 Å². The maximum Gasteiger partial charge on any atom is 0.136 e. The van der Waals surface area contributed by atoms with E-state index in [1.807, 2.05) is 42.5 Å². The van der Waals surface area contributed by atoms with Gasteiger partial charge in [0.1, 0.15) is 11.2 Å². The molecule has 0 amide bonds. The van der Waals surface area contributed by atoms with Crippen molar-refractivity contribution >= 4 is 81.3 Å². The number of furan rings is 1. The molecule has 0 saturated carbocycles. The van der Waals surface area contributed by atoms with E-state index >= 15 is 0 Å². The predicted molar refractivity (Wildman–Crippen MR) is 210 cm³/mol. The minimum atomic E-state index is -0.638. The zero-order chi connectivity index (χ0) is 46.2. The lowest BCUT2D eigenvalue weighted by molar-refractivity contribution is 0.669. The molecule has 2 nitrogen and oxygen atoms in total. The van der Waals surface area contributed by atoms with Crippen LogP contribution < -0.4 is 4.90 Å². The summed E-state index contributed by atoms with van der Waals surface area (Å²) >= 11 is 0.830. The maximum absolute atomic E-state index is 9.63. The molecule has 0 aliphatic rings. The molecule has 2 aromatic heterocycles. The first-order chi connectivity index (χ1) is 30.9. The molecule has 3 heteroatoms. The lowest BCUT2D eigenvalue weighted by atomic mass is 9.98. The topological polar surface area (TPSA) is 16.4 Å². The van der Waals surface area contributed by atoms with Crippen LogP contribution in [-0.2, 0) is 0 Å². The second kappa shape index (κ2) is 11.2. The van der Waals surface area contributed by atoms with Crippen molar-refractivity contribution in [3.05, 3.63) is 176 Å². The van der Waals surface area contributed by atoms with E-state index in [0.717, 1.165) is 32.9 Å². The van der Waals surface area contributed by atoms with Crippen LogP contribution in [0.5, 0.6) is 0 Å². The molecular weight excluding hydrogens is 615 g/mol. The first kappa shape index (κ1) is 16.3. The molecule has 0 spiro atoms. The van der Waals surface area contributed by atoms with Crippen molar-refractivity contribution in [2.24, 2.45) is 0 Å². The summed E-state index contributed by atoms with van der Waals surface area (Å²) in [5.41, 5.74) is 1.23. The molecular formula is C46H29NOS. The molecule has 0 unspecified atom stereocenters. The molecule has 10 rings (SSSR count). The monoisotopic (exact) mass is 659 g/mol. The largest absolute Gasteiger partial charge is 0.456 e. The van der Waals surface area contributed by atoms with Gasteiger partial charge in [-0.05, 0) is 87.5 Å². The SMILES string of the molecule is [2H]c1c([2H])c([2H])c(-c2ccc(N(c3c([2H])c([2H])c(-c4ccc5ccc6oc7ccccc7c6c5c4)c([2H])c3[2H])c3c([2H])c([2H])c([2H])c4c3sc3c([2H])c([2H])c([2H])c([2H])c34)cc2)c([2H])c1[2H]. The van der Waals surface area contributed by atoms with Crippen LogP contribution in [0.1, 0.15) is 21.9 Å². The average Bonchev–Trinajstić information content (AvgIpc) is 3.90. The van der Waals surface area contributed by atoms with Gasteiger partial charge in [0.2, 0.25) is 0 Å². The van der Waals surface area contributed by atoms with Crippen LogP contribution in [0.2, 0.25) is 0 Å². The number of benzene rings is 8. The van der Waals surface area contributed by atoms with Crippen LogP contribution in [0.4, 0.5) is 17.1 Å². The summed E-state index contributed by atoms with van der Waals surface area (Å²) in [5.74, 6) is 0. The Kier molecular flexibility index (Phi) is 3.73. The molecule has 0 fully saturated rings. The molecule has 0 saturated heterocycles. The Bertz CT molecular complexity index is 3690. The number of para-hydroxylation sites is 1. The van der Waals surface area contributed by atoms with E-state index in [2.05, 4.69) is 0 Å². The second-order valence-electron chi connectivity index (χ2n) is 11.3. The summed E-state index contributed by atoms with van der Waals surface area (Å²) in [7, 11) is 0. The normalized spacial score (nSPS) is 16.2. The molecule has 2 heterocycles. The minimum absolute atomic E-state index is 0.0311. The van der Waals surface area contributed by atoms with E-state index in [0.29, 0.717) is 16.7 Å². The van der Waals surface area contributed by atoms with E-state index < -0.39 is 96.7 Å². The minimum Gasteiger partial charge on any atom is -0.456 e. The molecule has 0 atom stereocenters. The summed E-state index contributed by atoms with van der Waals surface area (Å²) in [4.78, 5) is 1.23. The Morgan fingerprint density at radius 2 is 1.22 bits per heavy atom. The van der Waals surface area contributed by atoms with Crippen LogP contribution >= 0.6 is 11.3 Å². The lowest BCUT2D eigenvalue weighted by Gasteiger charge is -2.26. The fourth-order valence-electron chi connectivity index (χ4n) is 6.28. The summed E-state index contributed by atoms with van der Waals surface area (Å²) in [6.07, 6.45) is 0. The zero-order valence-electron chi connectivity index (χ0n) is 41.3. The van der Waals surface area contributed by atoms with Crippen molar-refractivity contribution in [1.29, 1.82) is 0 Å². The van der Waals surface area contributed by atoms with Gasteiger partial charge in [0.15, 0.2) is 0 Å². The van der Waals surface area contributed by atoms with Crippen LogP contribution in [-0.4, -0.2) is 0 Å². The average molecular weight is 660 g/mol.